The van der Waals surface area contributed by atoms with Gasteiger partial charge in [0.1, 0.15) is 5.71 Å². The van der Waals surface area contributed by atoms with Gasteiger partial charge in [0.15, 0.2) is 0 Å². The minimum absolute atomic E-state index is 0.0359. The number of anilines is 1. The van der Waals surface area contributed by atoms with Gasteiger partial charge in [-0.05, 0) is 31.9 Å². The number of para-hydroxylation sites is 1. The Balaban J connectivity index is 2.24. The van der Waals surface area contributed by atoms with Crippen molar-refractivity contribution in [2.45, 2.75) is 58.9 Å². The maximum atomic E-state index is 12.9. The molecule has 1 unspecified atom stereocenters. The van der Waals surface area contributed by atoms with E-state index in [0.717, 1.165) is 25.8 Å². The van der Waals surface area contributed by atoms with Gasteiger partial charge >= 0.3 is 0 Å². The van der Waals surface area contributed by atoms with E-state index in [-0.39, 0.29) is 17.9 Å². The number of carbonyl (C=O) groups excluding carboxylic acids is 2. The highest BCUT2D eigenvalue weighted by Gasteiger charge is 2.29. The van der Waals surface area contributed by atoms with Crippen LogP contribution in [0.4, 0.5) is 5.69 Å². The number of benzene rings is 1. The van der Waals surface area contributed by atoms with Crippen molar-refractivity contribution in [3.63, 3.8) is 0 Å². The van der Waals surface area contributed by atoms with Crippen LogP contribution in [0.15, 0.2) is 35.4 Å². The molecule has 0 N–H and O–H groups in total. The largest absolute Gasteiger partial charge is 0.335 e. The third kappa shape index (κ3) is 4.22. The molecule has 1 aliphatic rings. The molecule has 2 amide bonds. The molecule has 1 aromatic rings. The van der Waals surface area contributed by atoms with Crippen LogP contribution >= 0.6 is 0 Å². The van der Waals surface area contributed by atoms with Gasteiger partial charge in [0, 0.05) is 25.4 Å². The van der Waals surface area contributed by atoms with E-state index >= 15 is 0 Å². The molecule has 0 bridgehead atoms. The van der Waals surface area contributed by atoms with Crippen molar-refractivity contribution < 1.29 is 9.59 Å². The second-order valence-electron chi connectivity index (χ2n) is 6.20. The highest BCUT2D eigenvalue weighted by molar-refractivity contribution is 6.40. The lowest BCUT2D eigenvalue weighted by molar-refractivity contribution is -0.126. The van der Waals surface area contributed by atoms with Crippen molar-refractivity contribution in [3.05, 3.63) is 30.3 Å². The lowest BCUT2D eigenvalue weighted by Gasteiger charge is -2.31. The van der Waals surface area contributed by atoms with Crippen LogP contribution in [0.3, 0.4) is 0 Å². The summed E-state index contributed by atoms with van der Waals surface area (Å²) in [6.07, 6.45) is 3.66. The normalized spacial score (nSPS) is 15.9. The van der Waals surface area contributed by atoms with Crippen molar-refractivity contribution in [1.82, 2.24) is 4.90 Å². The van der Waals surface area contributed by atoms with Gasteiger partial charge in [-0.2, -0.15) is 5.10 Å². The first kappa shape index (κ1) is 18.2. The molecule has 1 atom stereocenters. The number of hydrogen-bond donors (Lipinski definition) is 0. The monoisotopic (exact) mass is 329 g/mol. The molecule has 130 valence electrons. The first-order chi connectivity index (χ1) is 11.6. The van der Waals surface area contributed by atoms with Gasteiger partial charge in [0.05, 0.1) is 5.69 Å². The number of unbranched alkanes of at least 4 members (excludes halogenated alkanes) is 1. The SMILES string of the molecule is CCCCN(C(=O)C1=NN(c2ccccc2)C(=O)CC1)C(C)CC. The van der Waals surface area contributed by atoms with E-state index in [1.807, 2.05) is 35.2 Å². The van der Waals surface area contributed by atoms with Gasteiger partial charge in [0.25, 0.3) is 5.91 Å². The molecule has 0 radical (unpaired) electrons. The van der Waals surface area contributed by atoms with Crippen molar-refractivity contribution in [2.24, 2.45) is 5.10 Å². The fraction of sp³-hybridized carbons (Fsp3) is 0.526. The molecule has 2 rings (SSSR count). The quantitative estimate of drug-likeness (QED) is 0.767. The van der Waals surface area contributed by atoms with E-state index in [2.05, 4.69) is 25.9 Å². The Morgan fingerprint density at radius 3 is 2.58 bits per heavy atom. The minimum Gasteiger partial charge on any atom is -0.335 e. The Morgan fingerprint density at radius 1 is 1.25 bits per heavy atom. The fourth-order valence-corrected chi connectivity index (χ4v) is 2.72. The van der Waals surface area contributed by atoms with Crippen LogP contribution in [-0.2, 0) is 9.59 Å². The number of rotatable bonds is 7. The maximum absolute atomic E-state index is 12.9. The van der Waals surface area contributed by atoms with E-state index in [1.54, 1.807) is 0 Å². The molecule has 0 fully saturated rings. The number of amides is 2. The van der Waals surface area contributed by atoms with Crippen LogP contribution in [-0.4, -0.2) is 35.0 Å². The summed E-state index contributed by atoms with van der Waals surface area (Å²) in [7, 11) is 0. The lowest BCUT2D eigenvalue weighted by atomic mass is 10.1. The zero-order valence-electron chi connectivity index (χ0n) is 14.9. The molecule has 1 aromatic carbocycles. The van der Waals surface area contributed by atoms with Crippen LogP contribution in [0.5, 0.6) is 0 Å². The Hall–Kier alpha value is -2.17. The molecule has 0 saturated carbocycles. The number of hydrogen-bond acceptors (Lipinski definition) is 3. The van der Waals surface area contributed by atoms with Crippen molar-refractivity contribution in [3.8, 4) is 0 Å². The van der Waals surface area contributed by atoms with E-state index in [0.29, 0.717) is 24.2 Å². The molecule has 0 aliphatic carbocycles. The number of hydrazone groups is 1. The molecule has 0 saturated heterocycles. The summed E-state index contributed by atoms with van der Waals surface area (Å²) < 4.78 is 0. The van der Waals surface area contributed by atoms with Gasteiger partial charge in [-0.15, -0.1) is 0 Å². The molecule has 1 heterocycles. The molecule has 1 aliphatic heterocycles. The highest BCUT2D eigenvalue weighted by Crippen LogP contribution is 2.21. The first-order valence-electron chi connectivity index (χ1n) is 8.84. The smallest absolute Gasteiger partial charge is 0.270 e. The van der Waals surface area contributed by atoms with Crippen LogP contribution in [0.25, 0.3) is 0 Å². The first-order valence-corrected chi connectivity index (χ1v) is 8.84. The number of nitrogens with zero attached hydrogens (tertiary/aromatic N) is 3. The fourth-order valence-electron chi connectivity index (χ4n) is 2.72. The Morgan fingerprint density at radius 2 is 1.96 bits per heavy atom. The van der Waals surface area contributed by atoms with Crippen LogP contribution < -0.4 is 5.01 Å². The summed E-state index contributed by atoms with van der Waals surface area (Å²) in [6, 6.07) is 9.45. The topological polar surface area (TPSA) is 53.0 Å². The number of carbonyl (C=O) groups is 2. The summed E-state index contributed by atoms with van der Waals surface area (Å²) in [5.41, 5.74) is 1.19. The third-order valence-electron chi connectivity index (χ3n) is 4.42. The lowest BCUT2D eigenvalue weighted by Crippen LogP contribution is -2.45. The summed E-state index contributed by atoms with van der Waals surface area (Å²) in [6.45, 7) is 7.01. The molecular weight excluding hydrogens is 302 g/mol. The second kappa shape index (κ2) is 8.62. The van der Waals surface area contributed by atoms with Gasteiger partial charge in [0.2, 0.25) is 5.91 Å². The molecule has 0 aromatic heterocycles. The van der Waals surface area contributed by atoms with Crippen molar-refractivity contribution >= 4 is 23.2 Å². The summed E-state index contributed by atoms with van der Waals surface area (Å²) in [5, 5.41) is 5.75. The van der Waals surface area contributed by atoms with Gasteiger partial charge < -0.3 is 4.90 Å². The minimum atomic E-state index is -0.0681. The Bertz CT molecular complexity index is 598. The molecular formula is C19H27N3O2. The Kier molecular flexibility index (Phi) is 6.53. The van der Waals surface area contributed by atoms with E-state index in [9.17, 15) is 9.59 Å². The van der Waals surface area contributed by atoms with E-state index in [1.165, 1.54) is 5.01 Å². The average Bonchev–Trinajstić information content (AvgIpc) is 2.62. The summed E-state index contributed by atoms with van der Waals surface area (Å²) in [4.78, 5) is 27.0. The predicted molar refractivity (Wildman–Crippen MR) is 97.0 cm³/mol. The van der Waals surface area contributed by atoms with Crippen LogP contribution in [0.2, 0.25) is 0 Å². The van der Waals surface area contributed by atoms with E-state index in [4.69, 9.17) is 0 Å². The van der Waals surface area contributed by atoms with Gasteiger partial charge in [-0.1, -0.05) is 38.5 Å². The van der Waals surface area contributed by atoms with E-state index < -0.39 is 0 Å². The third-order valence-corrected chi connectivity index (χ3v) is 4.42. The van der Waals surface area contributed by atoms with Crippen LogP contribution in [0, 0.1) is 0 Å². The summed E-state index contributed by atoms with van der Waals surface area (Å²) >= 11 is 0. The highest BCUT2D eigenvalue weighted by atomic mass is 16.2. The standard InChI is InChI=1S/C19H27N3O2/c1-4-6-14-21(15(3)5-2)19(24)17-12-13-18(23)22(20-17)16-10-8-7-9-11-16/h7-11,15H,4-6,12-14H2,1-3H3. The summed E-state index contributed by atoms with van der Waals surface area (Å²) in [5.74, 6) is -0.104. The van der Waals surface area contributed by atoms with Crippen molar-refractivity contribution in [1.29, 1.82) is 0 Å². The van der Waals surface area contributed by atoms with Crippen LogP contribution in [0.1, 0.15) is 52.9 Å². The second-order valence-corrected chi connectivity index (χ2v) is 6.20. The molecule has 0 spiro atoms. The zero-order chi connectivity index (χ0) is 17.5. The maximum Gasteiger partial charge on any atom is 0.270 e. The molecule has 24 heavy (non-hydrogen) atoms. The predicted octanol–water partition coefficient (Wildman–Crippen LogP) is 3.60. The zero-order valence-corrected chi connectivity index (χ0v) is 14.9. The van der Waals surface area contributed by atoms with Crippen molar-refractivity contribution in [2.75, 3.05) is 11.6 Å². The van der Waals surface area contributed by atoms with Gasteiger partial charge in [-0.3, -0.25) is 9.59 Å². The average molecular weight is 329 g/mol. The van der Waals surface area contributed by atoms with Gasteiger partial charge in [-0.25, -0.2) is 5.01 Å². The molecule has 5 nitrogen and oxygen atoms in total. The molecule has 5 heteroatoms. The Labute approximate surface area is 144 Å².